The third-order valence-electron chi connectivity index (χ3n) is 7.12. The van der Waals surface area contributed by atoms with Gasteiger partial charge in [0.2, 0.25) is 5.88 Å². The number of benzene rings is 2. The highest BCUT2D eigenvalue weighted by Crippen LogP contribution is 2.43. The van der Waals surface area contributed by atoms with Crippen LogP contribution in [0.1, 0.15) is 5.56 Å². The van der Waals surface area contributed by atoms with Crippen LogP contribution in [0.2, 0.25) is 0 Å². The quantitative estimate of drug-likeness (QED) is 0.474. The van der Waals surface area contributed by atoms with Crippen LogP contribution in [0.25, 0.3) is 22.4 Å². The summed E-state index contributed by atoms with van der Waals surface area (Å²) in [5, 5.41) is 1.91. The third kappa shape index (κ3) is 4.14. The van der Waals surface area contributed by atoms with E-state index in [2.05, 4.69) is 52.2 Å². The molecule has 3 aromatic rings. The number of aromatic nitrogens is 1. The van der Waals surface area contributed by atoms with Crippen molar-refractivity contribution in [3.8, 4) is 28.3 Å². The molecule has 1 spiro atoms. The van der Waals surface area contributed by atoms with Crippen molar-refractivity contribution in [3.63, 3.8) is 0 Å². The second kappa shape index (κ2) is 8.82. The molecule has 2 fully saturated rings. The molecule has 0 radical (unpaired) electrons. The first-order valence-electron chi connectivity index (χ1n) is 11.9. The molecule has 3 aliphatic rings. The summed E-state index contributed by atoms with van der Waals surface area (Å²) in [5.41, 5.74) is 6.44. The normalized spacial score (nSPS) is 19.0. The Balaban J connectivity index is 1.23. The monoisotopic (exact) mass is 484 g/mol. The Morgan fingerprint density at radius 1 is 1.06 bits per heavy atom. The van der Waals surface area contributed by atoms with Gasteiger partial charge in [-0.15, -0.1) is 0 Å². The van der Waals surface area contributed by atoms with Gasteiger partial charge in [-0.3, -0.25) is 9.69 Å². The van der Waals surface area contributed by atoms with Crippen LogP contribution < -0.4 is 9.64 Å². The van der Waals surface area contributed by atoms with Gasteiger partial charge in [-0.25, -0.2) is 9.29 Å². The molecule has 178 valence electrons. The minimum absolute atomic E-state index is 0.0148. The fourth-order valence-electron chi connectivity index (χ4n) is 5.37. The summed E-state index contributed by atoms with van der Waals surface area (Å²) >= 11 is 1.73. The molecule has 6 rings (SSSR count). The van der Waals surface area contributed by atoms with Gasteiger partial charge in [-0.05, 0) is 22.6 Å². The van der Waals surface area contributed by atoms with E-state index in [4.69, 9.17) is 9.72 Å². The predicted octanol–water partition coefficient (Wildman–Crippen LogP) is 4.68. The van der Waals surface area contributed by atoms with Crippen molar-refractivity contribution in [2.75, 3.05) is 44.7 Å². The number of carbonyl (C=O) groups is 1. The molecule has 0 atom stereocenters. The third-order valence-corrected chi connectivity index (χ3v) is 7.83. The molecule has 7 heteroatoms. The number of rotatable bonds is 6. The Labute approximate surface area is 210 Å². The van der Waals surface area contributed by atoms with Gasteiger partial charge in [0.25, 0.3) is 5.91 Å². The van der Waals surface area contributed by atoms with Crippen molar-refractivity contribution in [2.24, 2.45) is 5.41 Å². The van der Waals surface area contributed by atoms with E-state index in [0.717, 1.165) is 55.1 Å². The lowest BCUT2D eigenvalue weighted by molar-refractivity contribution is -0.121. The van der Waals surface area contributed by atoms with Gasteiger partial charge in [0, 0.05) is 56.3 Å². The zero-order valence-electron chi connectivity index (χ0n) is 19.8. The standard InChI is InChI=1S/C28H28N4O2S/c1-3-35-32-18-28(19-32)16-31(17-28)14-20-9-11-22(12-10-20)26-23(21-7-5-4-6-8-21)13-24-27(29-26)34-15-25(33)30(24)2/h3-13H,1,14-19H2,2H3. The van der Waals surface area contributed by atoms with Crippen LogP contribution in [0, 0.1) is 5.41 Å². The lowest BCUT2D eigenvalue weighted by Crippen LogP contribution is -2.69. The van der Waals surface area contributed by atoms with Crippen LogP contribution in [-0.2, 0) is 11.3 Å². The molecule has 0 bridgehead atoms. The summed E-state index contributed by atoms with van der Waals surface area (Å²) in [6, 6.07) is 20.9. The number of likely N-dealkylation sites (N-methyl/N-ethyl adjacent to an activating group) is 1. The Kier molecular flexibility index (Phi) is 5.63. The molecular weight excluding hydrogens is 456 g/mol. The number of likely N-dealkylation sites (tertiary alicyclic amines) is 1. The summed E-state index contributed by atoms with van der Waals surface area (Å²) in [7, 11) is 1.77. The fraction of sp³-hybridized carbons (Fsp3) is 0.286. The zero-order valence-corrected chi connectivity index (χ0v) is 20.6. The molecule has 35 heavy (non-hydrogen) atoms. The van der Waals surface area contributed by atoms with Crippen LogP contribution in [0.15, 0.2) is 72.7 Å². The van der Waals surface area contributed by atoms with Gasteiger partial charge in [0.05, 0.1) is 5.69 Å². The van der Waals surface area contributed by atoms with Crippen LogP contribution in [0.5, 0.6) is 5.88 Å². The van der Waals surface area contributed by atoms with E-state index in [1.807, 2.05) is 29.7 Å². The highest BCUT2D eigenvalue weighted by atomic mass is 32.2. The van der Waals surface area contributed by atoms with Crippen molar-refractivity contribution < 1.29 is 9.53 Å². The number of fused-ring (bicyclic) bond motifs is 1. The molecule has 0 saturated carbocycles. The molecular formula is C28H28N4O2S. The SMILES string of the molecule is C=CSN1CC2(CN(Cc3ccc(-c4nc5c(cc4-c4ccccc4)N(C)C(=O)CO5)cc3)C2)C1. The minimum Gasteiger partial charge on any atom is -0.466 e. The highest BCUT2D eigenvalue weighted by molar-refractivity contribution is 7.99. The minimum atomic E-state index is -0.0720. The largest absolute Gasteiger partial charge is 0.466 e. The fourth-order valence-corrected chi connectivity index (χ4v) is 6.28. The molecule has 4 heterocycles. The molecule has 6 nitrogen and oxygen atoms in total. The van der Waals surface area contributed by atoms with Crippen molar-refractivity contribution >= 4 is 23.5 Å². The van der Waals surface area contributed by atoms with Crippen molar-refractivity contribution in [1.29, 1.82) is 0 Å². The average molecular weight is 485 g/mol. The smallest absolute Gasteiger partial charge is 0.264 e. The molecule has 1 amide bonds. The van der Waals surface area contributed by atoms with E-state index in [1.165, 1.54) is 5.56 Å². The van der Waals surface area contributed by atoms with Gasteiger partial charge >= 0.3 is 0 Å². The first-order valence-corrected chi connectivity index (χ1v) is 12.7. The van der Waals surface area contributed by atoms with Gasteiger partial charge in [-0.1, -0.05) is 73.1 Å². The lowest BCUT2D eigenvalue weighted by Gasteiger charge is -2.59. The topological polar surface area (TPSA) is 48.9 Å². The molecule has 2 aromatic carbocycles. The Bertz CT molecular complexity index is 1260. The van der Waals surface area contributed by atoms with Crippen molar-refractivity contribution in [3.05, 3.63) is 78.2 Å². The second-order valence-corrected chi connectivity index (χ2v) is 10.8. The van der Waals surface area contributed by atoms with Crippen molar-refractivity contribution in [1.82, 2.24) is 14.2 Å². The number of pyridine rings is 1. The molecule has 1 aromatic heterocycles. The first kappa shape index (κ1) is 22.3. The Morgan fingerprint density at radius 3 is 2.51 bits per heavy atom. The second-order valence-electron chi connectivity index (χ2n) is 9.73. The number of hydrogen-bond donors (Lipinski definition) is 0. The Hall–Kier alpha value is -3.13. The van der Waals surface area contributed by atoms with Gasteiger partial charge < -0.3 is 9.64 Å². The first-order chi connectivity index (χ1) is 17.0. The van der Waals surface area contributed by atoms with Gasteiger partial charge in [0.15, 0.2) is 6.61 Å². The van der Waals surface area contributed by atoms with Gasteiger partial charge in [0.1, 0.15) is 5.69 Å². The van der Waals surface area contributed by atoms with E-state index in [1.54, 1.807) is 23.9 Å². The number of ether oxygens (including phenoxy) is 1. The summed E-state index contributed by atoms with van der Waals surface area (Å²) in [6.07, 6.45) is 0. The van der Waals surface area contributed by atoms with E-state index < -0.39 is 0 Å². The van der Waals surface area contributed by atoms with Crippen LogP contribution in [-0.4, -0.2) is 59.9 Å². The highest BCUT2D eigenvalue weighted by Gasteiger charge is 2.51. The number of anilines is 1. The zero-order chi connectivity index (χ0) is 24.0. The molecule has 2 saturated heterocycles. The number of amides is 1. The van der Waals surface area contributed by atoms with Crippen molar-refractivity contribution in [2.45, 2.75) is 6.54 Å². The lowest BCUT2D eigenvalue weighted by atomic mass is 9.74. The van der Waals surface area contributed by atoms with Crippen LogP contribution >= 0.6 is 11.9 Å². The summed E-state index contributed by atoms with van der Waals surface area (Å²) in [6.45, 7) is 9.44. The predicted molar refractivity (Wildman–Crippen MR) is 141 cm³/mol. The average Bonchev–Trinajstić information content (AvgIpc) is 2.84. The summed E-state index contributed by atoms with van der Waals surface area (Å²) < 4.78 is 8.08. The van der Waals surface area contributed by atoms with E-state index in [-0.39, 0.29) is 12.5 Å². The molecule has 0 N–H and O–H groups in total. The van der Waals surface area contributed by atoms with E-state index in [0.29, 0.717) is 17.0 Å². The Morgan fingerprint density at radius 2 is 1.80 bits per heavy atom. The van der Waals surface area contributed by atoms with Crippen LogP contribution in [0.4, 0.5) is 5.69 Å². The van der Waals surface area contributed by atoms with E-state index in [9.17, 15) is 4.79 Å². The summed E-state index contributed by atoms with van der Waals surface area (Å²) in [4.78, 5) is 21.2. The number of carbonyl (C=O) groups excluding carboxylic acids is 1. The maximum atomic E-state index is 12.2. The molecule has 0 aliphatic carbocycles. The van der Waals surface area contributed by atoms with Gasteiger partial charge in [-0.2, -0.15) is 0 Å². The molecule has 3 aliphatic heterocycles. The number of nitrogens with zero attached hydrogens (tertiary/aromatic N) is 4. The summed E-state index contributed by atoms with van der Waals surface area (Å²) in [5.74, 6) is 0.429. The van der Waals surface area contributed by atoms with Crippen LogP contribution in [0.3, 0.4) is 0 Å². The maximum absolute atomic E-state index is 12.2. The number of hydrogen-bond acceptors (Lipinski definition) is 6. The van der Waals surface area contributed by atoms with E-state index >= 15 is 0 Å². The maximum Gasteiger partial charge on any atom is 0.264 e. The molecule has 0 unspecified atom stereocenters.